The number of benzene rings is 1. The van der Waals surface area contributed by atoms with Crippen molar-refractivity contribution < 1.29 is 9.50 Å². The largest absolute Gasteiger partial charge is 0.506 e. The molecule has 0 amide bonds. The summed E-state index contributed by atoms with van der Waals surface area (Å²) in [5.41, 5.74) is 11.2. The van der Waals surface area contributed by atoms with Gasteiger partial charge in [0.05, 0.1) is 4.47 Å². The highest BCUT2D eigenvalue weighted by molar-refractivity contribution is 9.10. The molecule has 0 saturated heterocycles. The van der Waals surface area contributed by atoms with Gasteiger partial charge in [0, 0.05) is 18.2 Å². The van der Waals surface area contributed by atoms with E-state index in [1.54, 1.807) is 0 Å². The lowest BCUT2D eigenvalue weighted by Crippen LogP contribution is -2.21. The van der Waals surface area contributed by atoms with Crippen molar-refractivity contribution in [2.45, 2.75) is 6.04 Å². The van der Waals surface area contributed by atoms with Crippen LogP contribution in [0.2, 0.25) is 0 Å². The molecule has 0 bridgehead atoms. The van der Waals surface area contributed by atoms with Crippen LogP contribution in [-0.4, -0.2) is 11.7 Å². The maximum absolute atomic E-state index is 12.9. The van der Waals surface area contributed by atoms with Gasteiger partial charge in [0.1, 0.15) is 11.6 Å². The van der Waals surface area contributed by atoms with Crippen LogP contribution in [0.5, 0.6) is 5.75 Å². The van der Waals surface area contributed by atoms with Crippen LogP contribution < -0.4 is 11.5 Å². The molecule has 1 aromatic rings. The number of halogens is 3. The van der Waals surface area contributed by atoms with Crippen molar-refractivity contribution in [1.82, 2.24) is 0 Å². The molecule has 1 rings (SSSR count). The molecule has 0 saturated carbocycles. The molecule has 0 aromatic heterocycles. The lowest BCUT2D eigenvalue weighted by molar-refractivity contribution is 0.455. The van der Waals surface area contributed by atoms with Crippen LogP contribution in [0.3, 0.4) is 0 Å². The van der Waals surface area contributed by atoms with E-state index in [0.717, 1.165) is 0 Å². The van der Waals surface area contributed by atoms with Crippen molar-refractivity contribution in [2.75, 3.05) is 6.54 Å². The maximum Gasteiger partial charge on any atom is 0.134 e. The Hall–Kier alpha value is -0.360. The molecule has 0 heterocycles. The van der Waals surface area contributed by atoms with Gasteiger partial charge in [-0.05, 0) is 28.1 Å². The third kappa shape index (κ3) is 2.81. The van der Waals surface area contributed by atoms with E-state index in [9.17, 15) is 9.50 Å². The van der Waals surface area contributed by atoms with Gasteiger partial charge >= 0.3 is 0 Å². The van der Waals surface area contributed by atoms with Crippen molar-refractivity contribution in [3.05, 3.63) is 28.0 Å². The van der Waals surface area contributed by atoms with Crippen LogP contribution in [0.1, 0.15) is 11.6 Å². The van der Waals surface area contributed by atoms with E-state index in [0.29, 0.717) is 5.56 Å². The van der Waals surface area contributed by atoms with E-state index in [4.69, 9.17) is 11.5 Å². The second-order valence-corrected chi connectivity index (χ2v) is 3.52. The summed E-state index contributed by atoms with van der Waals surface area (Å²) in [5.74, 6) is -0.511. The Morgan fingerprint density at radius 2 is 2.07 bits per heavy atom. The fourth-order valence-electron chi connectivity index (χ4n) is 0.996. The molecule has 5 N–H and O–H groups in total. The summed E-state index contributed by atoms with van der Waals surface area (Å²) >= 11 is 3.01. The third-order valence-corrected chi connectivity index (χ3v) is 2.32. The Labute approximate surface area is 95.8 Å². The van der Waals surface area contributed by atoms with Gasteiger partial charge in [-0.25, -0.2) is 4.39 Å². The summed E-state index contributed by atoms with van der Waals surface area (Å²) in [4.78, 5) is 0. The van der Waals surface area contributed by atoms with Crippen molar-refractivity contribution in [3.63, 3.8) is 0 Å². The number of nitrogens with two attached hydrogens (primary N) is 2. The van der Waals surface area contributed by atoms with Gasteiger partial charge in [-0.3, -0.25) is 0 Å². The minimum Gasteiger partial charge on any atom is -0.506 e. The van der Waals surface area contributed by atoms with E-state index >= 15 is 0 Å². The topological polar surface area (TPSA) is 72.3 Å². The summed E-state index contributed by atoms with van der Waals surface area (Å²) in [6, 6.07) is 1.80. The third-order valence-electron chi connectivity index (χ3n) is 1.71. The first-order valence-electron chi connectivity index (χ1n) is 3.69. The maximum atomic E-state index is 12.9. The second kappa shape index (κ2) is 5.50. The van der Waals surface area contributed by atoms with Gasteiger partial charge in [-0.1, -0.05) is 0 Å². The Kier molecular flexibility index (Phi) is 5.36. The van der Waals surface area contributed by atoms with Crippen molar-refractivity contribution in [2.24, 2.45) is 11.5 Å². The van der Waals surface area contributed by atoms with Crippen molar-refractivity contribution in [1.29, 1.82) is 0 Å². The van der Waals surface area contributed by atoms with Crippen LogP contribution >= 0.6 is 28.3 Å². The number of hydrogen-bond acceptors (Lipinski definition) is 3. The fourth-order valence-corrected chi connectivity index (χ4v) is 1.44. The zero-order valence-corrected chi connectivity index (χ0v) is 9.61. The second-order valence-electron chi connectivity index (χ2n) is 2.67. The summed E-state index contributed by atoms with van der Waals surface area (Å²) in [6.45, 7) is 0.156. The molecule has 0 fully saturated rings. The first-order valence-corrected chi connectivity index (χ1v) is 4.49. The van der Waals surface area contributed by atoms with Gasteiger partial charge in [0.15, 0.2) is 0 Å². The van der Waals surface area contributed by atoms with E-state index in [1.807, 2.05) is 0 Å². The van der Waals surface area contributed by atoms with Gasteiger partial charge in [0.25, 0.3) is 0 Å². The summed E-state index contributed by atoms with van der Waals surface area (Å²) in [7, 11) is 0. The molecule has 3 nitrogen and oxygen atoms in total. The molecule has 0 aliphatic heterocycles. The molecular formula is C8H11BrClFN2O. The van der Waals surface area contributed by atoms with Crippen LogP contribution in [0.15, 0.2) is 16.6 Å². The monoisotopic (exact) mass is 284 g/mol. The highest BCUT2D eigenvalue weighted by atomic mass is 79.9. The van der Waals surface area contributed by atoms with Crippen molar-refractivity contribution in [3.8, 4) is 5.75 Å². The zero-order chi connectivity index (χ0) is 10.0. The Balaban J connectivity index is 0.00000169. The standard InChI is InChI=1S/C8H10BrFN2O.ClH/c9-6-2-4(10)1-5(8(6)13)7(12)3-11;/h1-2,7,13H,3,11-12H2;1H/t7-;/m0./s1. The van der Waals surface area contributed by atoms with Crippen LogP contribution in [-0.2, 0) is 0 Å². The van der Waals surface area contributed by atoms with Gasteiger partial charge in [0.2, 0.25) is 0 Å². The normalized spacial score (nSPS) is 12.0. The number of phenols is 1. The zero-order valence-electron chi connectivity index (χ0n) is 7.21. The number of rotatable bonds is 2. The van der Waals surface area contributed by atoms with Gasteiger partial charge < -0.3 is 16.6 Å². The Bertz CT molecular complexity index is 324. The molecule has 0 radical (unpaired) electrons. The predicted octanol–water partition coefficient (Wildman–Crippen LogP) is 1.67. The molecule has 1 atom stereocenters. The van der Waals surface area contributed by atoms with Crippen LogP contribution in [0.25, 0.3) is 0 Å². The average molecular weight is 286 g/mol. The van der Waals surface area contributed by atoms with Crippen LogP contribution in [0.4, 0.5) is 4.39 Å². The first kappa shape index (κ1) is 13.6. The highest BCUT2D eigenvalue weighted by Crippen LogP contribution is 2.31. The minimum absolute atomic E-state index is 0. The summed E-state index contributed by atoms with van der Waals surface area (Å²) < 4.78 is 13.2. The first-order chi connectivity index (χ1) is 6.06. The van der Waals surface area contributed by atoms with Crippen LogP contribution in [0, 0.1) is 5.82 Å². The Morgan fingerprint density at radius 3 is 2.57 bits per heavy atom. The smallest absolute Gasteiger partial charge is 0.134 e. The fraction of sp³-hybridized carbons (Fsp3) is 0.250. The molecule has 0 aliphatic carbocycles. The Morgan fingerprint density at radius 1 is 1.50 bits per heavy atom. The quantitative estimate of drug-likeness (QED) is 0.774. The highest BCUT2D eigenvalue weighted by Gasteiger charge is 2.13. The van der Waals surface area contributed by atoms with E-state index in [-0.39, 0.29) is 29.2 Å². The molecular weight excluding hydrogens is 274 g/mol. The number of aromatic hydroxyl groups is 1. The summed E-state index contributed by atoms with van der Waals surface area (Å²) in [5, 5.41) is 9.47. The van der Waals surface area contributed by atoms with Gasteiger partial charge in [-0.2, -0.15) is 0 Å². The molecule has 80 valence electrons. The molecule has 6 heteroatoms. The average Bonchev–Trinajstić information content (AvgIpc) is 2.10. The van der Waals surface area contributed by atoms with Gasteiger partial charge in [-0.15, -0.1) is 12.4 Å². The van der Waals surface area contributed by atoms with E-state index < -0.39 is 11.9 Å². The SMILES string of the molecule is Cl.NC[C@H](N)c1cc(F)cc(Br)c1O. The molecule has 0 aliphatic rings. The van der Waals surface area contributed by atoms with E-state index in [2.05, 4.69) is 15.9 Å². The van der Waals surface area contributed by atoms with E-state index in [1.165, 1.54) is 12.1 Å². The molecule has 14 heavy (non-hydrogen) atoms. The number of hydrogen-bond donors (Lipinski definition) is 3. The molecule has 1 aromatic carbocycles. The van der Waals surface area contributed by atoms with Crippen molar-refractivity contribution >= 4 is 28.3 Å². The number of phenolic OH excluding ortho intramolecular Hbond substituents is 1. The minimum atomic E-state index is -0.549. The lowest BCUT2D eigenvalue weighted by Gasteiger charge is -2.12. The molecule has 0 spiro atoms. The lowest BCUT2D eigenvalue weighted by atomic mass is 10.1. The summed E-state index contributed by atoms with van der Waals surface area (Å²) in [6.07, 6.45) is 0. The predicted molar refractivity (Wildman–Crippen MR) is 59.0 cm³/mol. The molecule has 0 unspecified atom stereocenters.